The lowest BCUT2D eigenvalue weighted by Gasteiger charge is -2.05. The number of hydrogen-bond donors (Lipinski definition) is 2. The van der Waals surface area contributed by atoms with Crippen molar-refractivity contribution in [3.8, 4) is 5.75 Å². The molecule has 0 fully saturated rings. The highest BCUT2D eigenvalue weighted by atomic mass is 16.5. The summed E-state index contributed by atoms with van der Waals surface area (Å²) in [5.74, 6) is 5.94. The summed E-state index contributed by atoms with van der Waals surface area (Å²) >= 11 is 0. The molecule has 0 saturated heterocycles. The van der Waals surface area contributed by atoms with Gasteiger partial charge in [-0.2, -0.15) is 5.10 Å². The van der Waals surface area contributed by atoms with Crippen LogP contribution in [0.2, 0.25) is 0 Å². The number of nitrogens with two attached hydrogens (primary N) is 1. The minimum absolute atomic E-state index is 0.0623. The van der Waals surface area contributed by atoms with Crippen LogP contribution < -0.4 is 10.6 Å². The standard InChI is InChI=1S/C12H16N4O2/c1-9(17)2-3-10-4-6-11(7-5-10)18-8-12(15-13)16-14/h4-7,13H,2-3,8,14H2,1H3/b15-13?,16-12-. The topological polar surface area (TPSA) is 101 Å². The first-order valence-corrected chi connectivity index (χ1v) is 5.51. The molecule has 18 heavy (non-hydrogen) atoms. The quantitative estimate of drug-likeness (QED) is 0.264. The van der Waals surface area contributed by atoms with Gasteiger partial charge in [-0.15, -0.1) is 5.11 Å². The number of aryl methyl sites for hydroxylation is 1. The van der Waals surface area contributed by atoms with Crippen molar-refractivity contribution in [2.24, 2.45) is 16.1 Å². The molecule has 3 N–H and O–H groups in total. The molecule has 0 aliphatic carbocycles. The number of amidine groups is 1. The van der Waals surface area contributed by atoms with Gasteiger partial charge < -0.3 is 15.4 Å². The maximum absolute atomic E-state index is 10.8. The number of ketones is 1. The van der Waals surface area contributed by atoms with E-state index in [4.69, 9.17) is 16.1 Å². The van der Waals surface area contributed by atoms with Crippen molar-refractivity contribution in [1.82, 2.24) is 0 Å². The highest BCUT2D eigenvalue weighted by molar-refractivity contribution is 5.83. The summed E-state index contributed by atoms with van der Waals surface area (Å²) in [6, 6.07) is 7.39. The van der Waals surface area contributed by atoms with Crippen LogP contribution in [0.3, 0.4) is 0 Å². The minimum Gasteiger partial charge on any atom is -0.485 e. The normalized spacial score (nSPS) is 11.1. The lowest BCUT2D eigenvalue weighted by Crippen LogP contribution is -2.10. The maximum Gasteiger partial charge on any atom is 0.206 e. The third kappa shape index (κ3) is 4.73. The van der Waals surface area contributed by atoms with E-state index >= 15 is 0 Å². The number of rotatable bonds is 6. The third-order valence-corrected chi connectivity index (χ3v) is 2.34. The number of carbonyl (C=O) groups excluding carboxylic acids is 1. The second-order valence-electron chi connectivity index (χ2n) is 3.79. The van der Waals surface area contributed by atoms with E-state index in [2.05, 4.69) is 10.2 Å². The Kier molecular flexibility index (Phi) is 5.50. The van der Waals surface area contributed by atoms with E-state index in [-0.39, 0.29) is 18.2 Å². The third-order valence-electron chi connectivity index (χ3n) is 2.34. The minimum atomic E-state index is 0.0623. The molecule has 0 bridgehead atoms. The zero-order chi connectivity index (χ0) is 13.4. The molecular formula is C12H16N4O2. The van der Waals surface area contributed by atoms with E-state index < -0.39 is 0 Å². The van der Waals surface area contributed by atoms with Crippen molar-refractivity contribution in [3.63, 3.8) is 0 Å². The van der Waals surface area contributed by atoms with Gasteiger partial charge >= 0.3 is 0 Å². The number of ether oxygens (including phenoxy) is 1. The summed E-state index contributed by atoms with van der Waals surface area (Å²) in [6.07, 6.45) is 1.27. The molecule has 96 valence electrons. The number of carbonyl (C=O) groups is 1. The van der Waals surface area contributed by atoms with Gasteiger partial charge in [0.1, 0.15) is 11.5 Å². The van der Waals surface area contributed by atoms with Gasteiger partial charge in [0, 0.05) is 6.42 Å². The zero-order valence-electron chi connectivity index (χ0n) is 10.2. The molecule has 0 radical (unpaired) electrons. The van der Waals surface area contributed by atoms with Crippen LogP contribution in [0.15, 0.2) is 34.5 Å². The van der Waals surface area contributed by atoms with Crippen LogP contribution in [0.1, 0.15) is 18.9 Å². The first-order chi connectivity index (χ1) is 8.65. The summed E-state index contributed by atoms with van der Waals surface area (Å²) < 4.78 is 5.34. The van der Waals surface area contributed by atoms with Gasteiger partial charge in [-0.05, 0) is 31.0 Å². The van der Waals surface area contributed by atoms with Gasteiger partial charge in [0.2, 0.25) is 5.84 Å². The second-order valence-corrected chi connectivity index (χ2v) is 3.79. The SMILES string of the molecule is CC(=O)CCc1ccc(OC/C(N=N)=N/N)cc1. The van der Waals surface area contributed by atoms with Crippen molar-refractivity contribution < 1.29 is 9.53 Å². The summed E-state index contributed by atoms with van der Waals surface area (Å²) in [6.45, 7) is 1.64. The largest absolute Gasteiger partial charge is 0.485 e. The molecule has 0 spiro atoms. The lowest BCUT2D eigenvalue weighted by molar-refractivity contribution is -0.116. The Bertz CT molecular complexity index is 440. The molecule has 0 amide bonds. The molecular weight excluding hydrogens is 232 g/mol. The predicted molar refractivity (Wildman–Crippen MR) is 67.7 cm³/mol. The Balaban J connectivity index is 2.50. The van der Waals surface area contributed by atoms with Crippen LogP contribution in [-0.4, -0.2) is 18.2 Å². The molecule has 0 atom stereocenters. The Morgan fingerprint density at radius 3 is 2.56 bits per heavy atom. The van der Waals surface area contributed by atoms with Gasteiger partial charge in [0.15, 0.2) is 6.61 Å². The van der Waals surface area contributed by atoms with E-state index in [1.165, 1.54) is 0 Å². The van der Waals surface area contributed by atoms with Gasteiger partial charge in [0.05, 0.1) is 0 Å². The number of nitrogens with zero attached hydrogens (tertiary/aromatic N) is 2. The summed E-state index contributed by atoms with van der Waals surface area (Å²) in [5.41, 5.74) is 7.84. The van der Waals surface area contributed by atoms with E-state index in [1.807, 2.05) is 12.1 Å². The van der Waals surface area contributed by atoms with Gasteiger partial charge in [-0.25, -0.2) is 5.53 Å². The fourth-order valence-electron chi connectivity index (χ4n) is 1.32. The van der Waals surface area contributed by atoms with Crippen LogP contribution in [0.5, 0.6) is 5.75 Å². The lowest BCUT2D eigenvalue weighted by atomic mass is 10.1. The van der Waals surface area contributed by atoms with Gasteiger partial charge in [0.25, 0.3) is 0 Å². The van der Waals surface area contributed by atoms with Crippen molar-refractivity contribution in [2.45, 2.75) is 19.8 Å². The average Bonchev–Trinajstić information content (AvgIpc) is 2.39. The summed E-state index contributed by atoms with van der Waals surface area (Å²) in [7, 11) is 0. The molecule has 6 heteroatoms. The van der Waals surface area contributed by atoms with Crippen LogP contribution >= 0.6 is 0 Å². The number of hydrogen-bond acceptors (Lipinski definition) is 5. The molecule has 6 nitrogen and oxygen atoms in total. The number of hydrazone groups is 1. The van der Waals surface area contributed by atoms with Crippen molar-refractivity contribution in [1.29, 1.82) is 5.53 Å². The van der Waals surface area contributed by atoms with Crippen LogP contribution in [0.4, 0.5) is 0 Å². The molecule has 0 aromatic heterocycles. The van der Waals surface area contributed by atoms with Crippen LogP contribution in [-0.2, 0) is 11.2 Å². The summed E-state index contributed by atoms with van der Waals surface area (Å²) in [5, 5.41) is 6.39. The number of benzene rings is 1. The zero-order valence-corrected chi connectivity index (χ0v) is 10.2. The molecule has 1 aromatic carbocycles. The van der Waals surface area contributed by atoms with E-state index in [1.54, 1.807) is 19.1 Å². The molecule has 0 saturated carbocycles. The smallest absolute Gasteiger partial charge is 0.206 e. The Labute approximate surface area is 105 Å². The Morgan fingerprint density at radius 1 is 1.39 bits per heavy atom. The predicted octanol–water partition coefficient (Wildman–Crippen LogP) is 1.89. The van der Waals surface area contributed by atoms with Crippen molar-refractivity contribution in [3.05, 3.63) is 29.8 Å². The molecule has 0 heterocycles. The summed E-state index contributed by atoms with van der Waals surface area (Å²) in [4.78, 5) is 10.8. The second kappa shape index (κ2) is 7.16. The first kappa shape index (κ1) is 13.8. The van der Waals surface area contributed by atoms with E-state index in [0.717, 1.165) is 12.0 Å². The average molecular weight is 248 g/mol. The molecule has 1 rings (SSSR count). The number of nitrogens with one attached hydrogen (secondary N) is 1. The fraction of sp³-hybridized carbons (Fsp3) is 0.333. The molecule has 0 unspecified atom stereocenters. The van der Waals surface area contributed by atoms with Crippen molar-refractivity contribution in [2.75, 3.05) is 6.61 Å². The monoisotopic (exact) mass is 248 g/mol. The fourth-order valence-corrected chi connectivity index (χ4v) is 1.32. The highest BCUT2D eigenvalue weighted by Gasteiger charge is 2.00. The first-order valence-electron chi connectivity index (χ1n) is 5.51. The van der Waals surface area contributed by atoms with Crippen molar-refractivity contribution >= 4 is 11.6 Å². The van der Waals surface area contributed by atoms with E-state index in [0.29, 0.717) is 12.2 Å². The Morgan fingerprint density at radius 2 is 2.06 bits per heavy atom. The van der Waals surface area contributed by atoms with Gasteiger partial charge in [-0.3, -0.25) is 0 Å². The molecule has 0 aliphatic heterocycles. The van der Waals surface area contributed by atoms with Crippen LogP contribution in [0.25, 0.3) is 0 Å². The number of Topliss-reactive ketones (excluding diaryl/α,β-unsaturated/α-hetero) is 1. The van der Waals surface area contributed by atoms with Crippen LogP contribution in [0, 0.1) is 5.53 Å². The van der Waals surface area contributed by atoms with E-state index in [9.17, 15) is 4.79 Å². The Hall–Kier alpha value is -2.24. The highest BCUT2D eigenvalue weighted by Crippen LogP contribution is 2.13. The molecule has 1 aromatic rings. The van der Waals surface area contributed by atoms with Gasteiger partial charge in [-0.1, -0.05) is 12.1 Å². The maximum atomic E-state index is 10.8. The molecule has 0 aliphatic rings.